The number of Topliss-reactive ketones (excluding diaryl/α,β-unsaturated/α-hetero) is 1. The highest BCUT2D eigenvalue weighted by Crippen LogP contribution is 2.47. The number of methoxy groups -OCH3 is 2. The Bertz CT molecular complexity index is 1280. The van der Waals surface area contributed by atoms with Gasteiger partial charge in [-0.25, -0.2) is 0 Å². The Morgan fingerprint density at radius 2 is 1.74 bits per heavy atom. The second-order valence-corrected chi connectivity index (χ2v) is 8.15. The van der Waals surface area contributed by atoms with E-state index < -0.39 is 23.5 Å². The molecule has 0 saturated carbocycles. The van der Waals surface area contributed by atoms with Gasteiger partial charge in [-0.05, 0) is 29.3 Å². The number of nitrogens with zero attached hydrogens (tertiary/aromatic N) is 3. The summed E-state index contributed by atoms with van der Waals surface area (Å²) in [5, 5.41) is 11.5. The number of hydrogen-bond donors (Lipinski definition) is 1. The number of aromatic nitrogens is 2. The minimum Gasteiger partial charge on any atom is -0.507 e. The first kappa shape index (κ1) is 23.5. The van der Waals surface area contributed by atoms with E-state index in [0.29, 0.717) is 11.1 Å². The first-order chi connectivity index (χ1) is 16.4. The van der Waals surface area contributed by atoms with Crippen molar-refractivity contribution in [3.05, 3.63) is 87.4 Å². The van der Waals surface area contributed by atoms with Crippen LogP contribution in [0.1, 0.15) is 22.7 Å². The highest BCUT2D eigenvalue weighted by Gasteiger charge is 2.46. The van der Waals surface area contributed by atoms with Gasteiger partial charge >= 0.3 is 0 Å². The van der Waals surface area contributed by atoms with Crippen molar-refractivity contribution >= 4 is 40.7 Å². The summed E-state index contributed by atoms with van der Waals surface area (Å²) < 4.78 is 10.6. The van der Waals surface area contributed by atoms with Crippen molar-refractivity contribution in [2.75, 3.05) is 14.2 Å². The lowest BCUT2D eigenvalue weighted by atomic mass is 9.95. The zero-order valence-electron chi connectivity index (χ0n) is 18.2. The van der Waals surface area contributed by atoms with Crippen molar-refractivity contribution in [2.45, 2.75) is 12.6 Å². The fourth-order valence-electron chi connectivity index (χ4n) is 3.91. The Balaban J connectivity index is 1.93. The van der Waals surface area contributed by atoms with Crippen LogP contribution in [0.5, 0.6) is 11.5 Å². The number of aliphatic hydroxyl groups is 1. The van der Waals surface area contributed by atoms with Crippen LogP contribution in [0.3, 0.4) is 0 Å². The van der Waals surface area contributed by atoms with Crippen LogP contribution < -0.4 is 9.47 Å². The zero-order chi connectivity index (χ0) is 24.4. The van der Waals surface area contributed by atoms with E-state index in [1.54, 1.807) is 42.9 Å². The van der Waals surface area contributed by atoms with Gasteiger partial charge in [0.2, 0.25) is 0 Å². The monoisotopic (exact) mass is 499 g/mol. The lowest BCUT2D eigenvalue weighted by Gasteiger charge is -2.25. The van der Waals surface area contributed by atoms with Crippen molar-refractivity contribution < 1.29 is 24.2 Å². The molecule has 1 aliphatic heterocycles. The lowest BCUT2D eigenvalue weighted by molar-refractivity contribution is -0.140. The topological polar surface area (TPSA) is 102 Å². The van der Waals surface area contributed by atoms with Gasteiger partial charge < -0.3 is 19.5 Å². The molecule has 0 bridgehead atoms. The molecule has 2 aromatic heterocycles. The molecule has 4 rings (SSSR count). The maximum Gasteiger partial charge on any atom is 0.295 e. The summed E-state index contributed by atoms with van der Waals surface area (Å²) in [5.41, 5.74) is 1.16. The van der Waals surface area contributed by atoms with Gasteiger partial charge in [0, 0.05) is 31.3 Å². The third kappa shape index (κ3) is 4.06. The summed E-state index contributed by atoms with van der Waals surface area (Å²) in [6.45, 7) is 0.0933. The molecule has 3 heterocycles. The minimum absolute atomic E-state index is 0.0153. The highest BCUT2D eigenvalue weighted by atomic mass is 35.5. The summed E-state index contributed by atoms with van der Waals surface area (Å²) in [4.78, 5) is 35.9. The van der Waals surface area contributed by atoms with Gasteiger partial charge in [-0.1, -0.05) is 35.3 Å². The highest BCUT2D eigenvalue weighted by molar-refractivity contribution is 6.47. The number of rotatable bonds is 6. The Morgan fingerprint density at radius 3 is 2.32 bits per heavy atom. The van der Waals surface area contributed by atoms with E-state index >= 15 is 0 Å². The van der Waals surface area contributed by atoms with E-state index in [1.165, 1.54) is 31.4 Å². The van der Waals surface area contributed by atoms with Crippen molar-refractivity contribution in [1.29, 1.82) is 0 Å². The van der Waals surface area contributed by atoms with Gasteiger partial charge in [-0.3, -0.25) is 19.6 Å². The number of carbonyl (C=O) groups is 2. The van der Waals surface area contributed by atoms with Crippen molar-refractivity contribution in [1.82, 2.24) is 14.9 Å². The molecule has 1 aliphatic rings. The molecule has 8 nitrogen and oxygen atoms in total. The Labute approximate surface area is 205 Å². The van der Waals surface area contributed by atoms with Crippen LogP contribution in [-0.4, -0.2) is 45.9 Å². The first-order valence-corrected chi connectivity index (χ1v) is 10.8. The van der Waals surface area contributed by atoms with Gasteiger partial charge in [-0.2, -0.15) is 0 Å². The zero-order valence-corrected chi connectivity index (χ0v) is 19.7. The predicted molar refractivity (Wildman–Crippen MR) is 126 cm³/mol. The maximum atomic E-state index is 13.2. The van der Waals surface area contributed by atoms with E-state index in [-0.39, 0.29) is 39.2 Å². The molecular weight excluding hydrogens is 481 g/mol. The third-order valence-electron chi connectivity index (χ3n) is 5.41. The predicted octanol–water partition coefficient (Wildman–Crippen LogP) is 4.42. The van der Waals surface area contributed by atoms with Crippen LogP contribution >= 0.6 is 23.2 Å². The molecular formula is C24H19Cl2N3O5. The molecule has 1 fully saturated rings. The average molecular weight is 500 g/mol. The normalized spacial score (nSPS) is 17.2. The summed E-state index contributed by atoms with van der Waals surface area (Å²) >= 11 is 12.7. The molecule has 1 saturated heterocycles. The van der Waals surface area contributed by atoms with Crippen LogP contribution in [0, 0.1) is 0 Å². The van der Waals surface area contributed by atoms with E-state index in [4.69, 9.17) is 32.7 Å². The standard InChI is InChI=1S/C24H19Cl2N3O5/c1-33-22-15(9-16(25)23(34-2)18(22)26)20(30)17-19(14-6-4-8-28-11-14)29(24(32)21(17)31)12-13-5-3-7-27-10-13/h3-11,19,30H,12H2,1-2H3/b20-17+. The van der Waals surface area contributed by atoms with Gasteiger partial charge in [0.1, 0.15) is 10.8 Å². The third-order valence-corrected chi connectivity index (χ3v) is 6.03. The molecule has 34 heavy (non-hydrogen) atoms. The molecule has 0 aliphatic carbocycles. The van der Waals surface area contributed by atoms with Gasteiger partial charge in [0.25, 0.3) is 11.7 Å². The van der Waals surface area contributed by atoms with Crippen LogP contribution in [0.2, 0.25) is 10.0 Å². The Hall–Kier alpha value is -3.62. The molecule has 174 valence electrons. The second kappa shape index (κ2) is 9.70. The van der Waals surface area contributed by atoms with Crippen LogP contribution in [0.25, 0.3) is 5.76 Å². The average Bonchev–Trinajstić information content (AvgIpc) is 3.09. The number of carbonyl (C=O) groups excluding carboxylic acids is 2. The number of ether oxygens (including phenoxy) is 2. The van der Waals surface area contributed by atoms with Crippen molar-refractivity contribution in [3.63, 3.8) is 0 Å². The molecule has 1 atom stereocenters. The second-order valence-electron chi connectivity index (χ2n) is 7.36. The number of benzene rings is 1. The molecule has 1 aromatic carbocycles. The fraction of sp³-hybridized carbons (Fsp3) is 0.167. The molecule has 0 spiro atoms. The maximum absolute atomic E-state index is 13.2. The first-order valence-electron chi connectivity index (χ1n) is 10.1. The summed E-state index contributed by atoms with van der Waals surface area (Å²) in [6, 6.07) is 7.38. The molecule has 3 aromatic rings. The van der Waals surface area contributed by atoms with Crippen molar-refractivity contribution in [3.8, 4) is 11.5 Å². The SMILES string of the molecule is COc1c(Cl)cc(/C(O)=C2\C(=O)C(=O)N(Cc3cccnc3)C2c2cccnc2)c(OC)c1Cl. The summed E-state index contributed by atoms with van der Waals surface area (Å²) in [6.07, 6.45) is 6.32. The summed E-state index contributed by atoms with van der Waals surface area (Å²) in [7, 11) is 2.74. The molecule has 10 heteroatoms. The summed E-state index contributed by atoms with van der Waals surface area (Å²) in [5.74, 6) is -1.92. The number of pyridine rings is 2. The number of aliphatic hydroxyl groups excluding tert-OH is 1. The Kier molecular flexibility index (Phi) is 6.72. The minimum atomic E-state index is -0.918. The quantitative estimate of drug-likeness (QED) is 0.304. The van der Waals surface area contributed by atoms with E-state index in [2.05, 4.69) is 9.97 Å². The fourth-order valence-corrected chi connectivity index (χ4v) is 4.59. The number of likely N-dealkylation sites (tertiary alicyclic amines) is 1. The number of hydrogen-bond acceptors (Lipinski definition) is 7. The van der Waals surface area contributed by atoms with Gasteiger partial charge in [0.15, 0.2) is 11.5 Å². The molecule has 1 unspecified atom stereocenters. The smallest absolute Gasteiger partial charge is 0.295 e. The van der Waals surface area contributed by atoms with Crippen LogP contribution in [0.15, 0.2) is 60.7 Å². The van der Waals surface area contributed by atoms with Crippen LogP contribution in [-0.2, 0) is 16.1 Å². The molecule has 1 N–H and O–H groups in total. The van der Waals surface area contributed by atoms with E-state index in [0.717, 1.165) is 0 Å². The van der Waals surface area contributed by atoms with Gasteiger partial charge in [-0.15, -0.1) is 0 Å². The van der Waals surface area contributed by atoms with Gasteiger partial charge in [0.05, 0.1) is 36.4 Å². The Morgan fingerprint density at radius 1 is 1.06 bits per heavy atom. The number of halogens is 2. The van der Waals surface area contributed by atoms with Crippen molar-refractivity contribution in [2.24, 2.45) is 0 Å². The number of amides is 1. The molecule has 1 amide bonds. The largest absolute Gasteiger partial charge is 0.507 e. The lowest BCUT2D eigenvalue weighted by Crippen LogP contribution is -2.29. The molecule has 0 radical (unpaired) electrons. The van der Waals surface area contributed by atoms with E-state index in [1.807, 2.05) is 0 Å². The number of ketones is 1. The van der Waals surface area contributed by atoms with Crippen LogP contribution in [0.4, 0.5) is 0 Å². The van der Waals surface area contributed by atoms with E-state index in [9.17, 15) is 14.7 Å².